The van der Waals surface area contributed by atoms with E-state index < -0.39 is 0 Å². The molecule has 2 aliphatic rings. The van der Waals surface area contributed by atoms with Gasteiger partial charge in [0, 0.05) is 12.6 Å². The Hall–Kier alpha value is -1.02. The molecule has 0 spiro atoms. The molecule has 0 radical (unpaired) electrons. The first-order valence-electron chi connectivity index (χ1n) is 7.06. The monoisotopic (exact) mass is 245 g/mol. The highest BCUT2D eigenvalue weighted by Crippen LogP contribution is 2.45. The molecule has 0 atom stereocenters. The summed E-state index contributed by atoms with van der Waals surface area (Å²) in [6.07, 6.45) is 5.41. The Bertz CT molecular complexity index is 402. The minimum atomic E-state index is 0.630. The van der Waals surface area contributed by atoms with Gasteiger partial charge in [0.05, 0.1) is 7.11 Å². The van der Waals surface area contributed by atoms with E-state index in [-0.39, 0.29) is 0 Å². The lowest BCUT2D eigenvalue weighted by Crippen LogP contribution is -2.42. The summed E-state index contributed by atoms with van der Waals surface area (Å²) in [5.74, 6) is 1.70. The molecule has 98 valence electrons. The maximum Gasteiger partial charge on any atom is 0.118 e. The fourth-order valence-electron chi connectivity index (χ4n) is 2.71. The number of methoxy groups -OCH3 is 1. The molecular formula is C16H23NO. The van der Waals surface area contributed by atoms with Crippen LogP contribution in [0.2, 0.25) is 0 Å². The molecule has 1 aromatic rings. The molecule has 2 heteroatoms. The summed E-state index contributed by atoms with van der Waals surface area (Å²) in [4.78, 5) is 0. The van der Waals surface area contributed by atoms with Gasteiger partial charge < -0.3 is 10.1 Å². The minimum absolute atomic E-state index is 0.630. The SMILES string of the molecule is COc1ccc(C2CC(NCC3(C)CC3)C2)cc1. The normalized spacial score (nSPS) is 28.6. The van der Waals surface area contributed by atoms with E-state index in [1.54, 1.807) is 7.11 Å². The van der Waals surface area contributed by atoms with E-state index in [0.29, 0.717) is 5.41 Å². The van der Waals surface area contributed by atoms with E-state index in [4.69, 9.17) is 4.74 Å². The first kappa shape index (κ1) is 12.0. The highest BCUT2D eigenvalue weighted by molar-refractivity contribution is 5.30. The fourth-order valence-corrected chi connectivity index (χ4v) is 2.71. The molecule has 2 saturated carbocycles. The predicted molar refractivity (Wildman–Crippen MR) is 74.1 cm³/mol. The molecule has 2 aliphatic carbocycles. The van der Waals surface area contributed by atoms with Crippen LogP contribution in [0.15, 0.2) is 24.3 Å². The fraction of sp³-hybridized carbons (Fsp3) is 0.625. The highest BCUT2D eigenvalue weighted by atomic mass is 16.5. The zero-order chi connectivity index (χ0) is 12.6. The van der Waals surface area contributed by atoms with Crippen molar-refractivity contribution in [1.29, 1.82) is 0 Å². The third kappa shape index (κ3) is 2.54. The van der Waals surface area contributed by atoms with Crippen molar-refractivity contribution in [3.8, 4) is 5.75 Å². The van der Waals surface area contributed by atoms with Crippen LogP contribution in [0, 0.1) is 5.41 Å². The molecule has 0 unspecified atom stereocenters. The van der Waals surface area contributed by atoms with Crippen molar-refractivity contribution in [1.82, 2.24) is 5.32 Å². The predicted octanol–water partition coefficient (Wildman–Crippen LogP) is 3.33. The van der Waals surface area contributed by atoms with E-state index in [1.165, 1.54) is 37.8 Å². The molecule has 1 aromatic carbocycles. The largest absolute Gasteiger partial charge is 0.497 e. The first-order valence-corrected chi connectivity index (χ1v) is 7.06. The van der Waals surface area contributed by atoms with E-state index in [2.05, 4.69) is 36.5 Å². The Balaban J connectivity index is 1.45. The van der Waals surface area contributed by atoms with E-state index >= 15 is 0 Å². The standard InChI is InChI=1S/C16H23NO/c1-16(7-8-16)11-17-14-9-13(10-14)12-3-5-15(18-2)6-4-12/h3-6,13-14,17H,7-11H2,1-2H3. The van der Waals surface area contributed by atoms with Crippen molar-refractivity contribution in [3.63, 3.8) is 0 Å². The van der Waals surface area contributed by atoms with Gasteiger partial charge in [0.25, 0.3) is 0 Å². The molecule has 0 saturated heterocycles. The third-order valence-corrected chi connectivity index (χ3v) is 4.65. The molecule has 1 N–H and O–H groups in total. The third-order valence-electron chi connectivity index (χ3n) is 4.65. The van der Waals surface area contributed by atoms with E-state index in [0.717, 1.165) is 17.7 Å². The number of rotatable bonds is 5. The summed E-state index contributed by atoms with van der Waals surface area (Å²) >= 11 is 0. The van der Waals surface area contributed by atoms with Crippen LogP contribution < -0.4 is 10.1 Å². The summed E-state index contributed by atoms with van der Waals surface area (Å²) in [5, 5.41) is 3.72. The maximum absolute atomic E-state index is 5.19. The Morgan fingerprint density at radius 3 is 2.44 bits per heavy atom. The van der Waals surface area contributed by atoms with Crippen LogP contribution in [-0.4, -0.2) is 19.7 Å². The minimum Gasteiger partial charge on any atom is -0.497 e. The van der Waals surface area contributed by atoms with Crippen LogP contribution in [0.3, 0.4) is 0 Å². The Kier molecular flexibility index (Phi) is 3.06. The van der Waals surface area contributed by atoms with Crippen LogP contribution >= 0.6 is 0 Å². The van der Waals surface area contributed by atoms with Gasteiger partial charge in [-0.25, -0.2) is 0 Å². The molecule has 18 heavy (non-hydrogen) atoms. The van der Waals surface area contributed by atoms with E-state index in [9.17, 15) is 0 Å². The van der Waals surface area contributed by atoms with Gasteiger partial charge in [-0.05, 0) is 54.7 Å². The Morgan fingerprint density at radius 1 is 1.22 bits per heavy atom. The van der Waals surface area contributed by atoms with Gasteiger partial charge in [-0.1, -0.05) is 19.1 Å². The quantitative estimate of drug-likeness (QED) is 0.859. The molecule has 0 heterocycles. The second kappa shape index (κ2) is 4.58. The number of benzene rings is 1. The molecule has 0 aromatic heterocycles. The van der Waals surface area contributed by atoms with Gasteiger partial charge in [-0.2, -0.15) is 0 Å². The number of nitrogens with one attached hydrogen (secondary N) is 1. The van der Waals surface area contributed by atoms with Crippen LogP contribution in [-0.2, 0) is 0 Å². The van der Waals surface area contributed by atoms with E-state index in [1.807, 2.05) is 0 Å². The average molecular weight is 245 g/mol. The van der Waals surface area contributed by atoms with Crippen molar-refractivity contribution in [2.24, 2.45) is 5.41 Å². The number of ether oxygens (including phenoxy) is 1. The highest BCUT2D eigenvalue weighted by Gasteiger charge is 2.39. The van der Waals surface area contributed by atoms with Gasteiger partial charge in [0.1, 0.15) is 5.75 Å². The summed E-state index contributed by atoms with van der Waals surface area (Å²) in [7, 11) is 1.72. The van der Waals surface area contributed by atoms with Crippen molar-refractivity contribution in [2.75, 3.05) is 13.7 Å². The van der Waals surface area contributed by atoms with Gasteiger partial charge >= 0.3 is 0 Å². The lowest BCUT2D eigenvalue weighted by molar-refractivity contribution is 0.275. The lowest BCUT2D eigenvalue weighted by Gasteiger charge is -2.37. The zero-order valence-electron chi connectivity index (χ0n) is 11.4. The van der Waals surface area contributed by atoms with Crippen molar-refractivity contribution in [2.45, 2.75) is 44.6 Å². The molecule has 3 rings (SSSR count). The zero-order valence-corrected chi connectivity index (χ0v) is 11.4. The second-order valence-corrected chi connectivity index (χ2v) is 6.33. The first-order chi connectivity index (χ1) is 8.68. The maximum atomic E-state index is 5.19. The molecular weight excluding hydrogens is 222 g/mol. The number of hydrogen-bond donors (Lipinski definition) is 1. The van der Waals surface area contributed by atoms with Gasteiger partial charge in [0.2, 0.25) is 0 Å². The van der Waals surface area contributed by atoms with Crippen LogP contribution in [0.1, 0.15) is 44.1 Å². The summed E-state index contributed by atoms with van der Waals surface area (Å²) in [6.45, 7) is 3.60. The van der Waals surface area contributed by atoms with Crippen molar-refractivity contribution in [3.05, 3.63) is 29.8 Å². The Morgan fingerprint density at radius 2 is 1.89 bits per heavy atom. The summed E-state index contributed by atoms with van der Waals surface area (Å²) in [6, 6.07) is 9.31. The molecule has 0 bridgehead atoms. The average Bonchev–Trinajstić information content (AvgIpc) is 3.06. The summed E-state index contributed by atoms with van der Waals surface area (Å²) < 4.78 is 5.19. The molecule has 2 fully saturated rings. The van der Waals surface area contributed by atoms with Crippen molar-refractivity contribution < 1.29 is 4.74 Å². The van der Waals surface area contributed by atoms with Gasteiger partial charge in [-0.15, -0.1) is 0 Å². The molecule has 0 aliphatic heterocycles. The van der Waals surface area contributed by atoms with Crippen LogP contribution in [0.25, 0.3) is 0 Å². The second-order valence-electron chi connectivity index (χ2n) is 6.33. The van der Waals surface area contributed by atoms with Gasteiger partial charge in [0.15, 0.2) is 0 Å². The number of hydrogen-bond acceptors (Lipinski definition) is 2. The Labute approximate surface area is 110 Å². The van der Waals surface area contributed by atoms with Crippen LogP contribution in [0.5, 0.6) is 5.75 Å². The topological polar surface area (TPSA) is 21.3 Å². The smallest absolute Gasteiger partial charge is 0.118 e. The lowest BCUT2D eigenvalue weighted by atomic mass is 9.75. The molecule has 0 amide bonds. The molecule has 2 nitrogen and oxygen atoms in total. The van der Waals surface area contributed by atoms with Gasteiger partial charge in [-0.3, -0.25) is 0 Å². The van der Waals surface area contributed by atoms with Crippen molar-refractivity contribution >= 4 is 0 Å². The van der Waals surface area contributed by atoms with Crippen LogP contribution in [0.4, 0.5) is 0 Å². The summed E-state index contributed by atoms with van der Waals surface area (Å²) in [5.41, 5.74) is 2.09.